The maximum absolute atomic E-state index is 13.6. The summed E-state index contributed by atoms with van der Waals surface area (Å²) in [6.45, 7) is 1.84. The summed E-state index contributed by atoms with van der Waals surface area (Å²) in [6, 6.07) is 9.45. The summed E-state index contributed by atoms with van der Waals surface area (Å²) in [4.78, 5) is 0. The molecular weight excluding hydrogens is 333 g/mol. The number of hydrogen-bond acceptors (Lipinski definition) is 2. The molecule has 0 saturated carbocycles. The molecule has 0 spiro atoms. The lowest BCUT2D eigenvalue weighted by atomic mass is 10.1. The van der Waals surface area contributed by atoms with Crippen molar-refractivity contribution in [1.29, 1.82) is 0 Å². The topological polar surface area (TPSA) is 35.2 Å². The highest BCUT2D eigenvalue weighted by Crippen LogP contribution is 2.31. The molecule has 0 aliphatic rings. The normalized spacial score (nSPS) is 12.3. The van der Waals surface area contributed by atoms with E-state index in [2.05, 4.69) is 15.9 Å². The van der Waals surface area contributed by atoms with Gasteiger partial charge in [-0.05, 0) is 42.8 Å². The van der Waals surface area contributed by atoms with E-state index in [0.717, 1.165) is 10.0 Å². The molecule has 5 heteroatoms. The molecule has 2 rings (SSSR count). The van der Waals surface area contributed by atoms with Gasteiger partial charge in [-0.25, -0.2) is 4.39 Å². The first kappa shape index (κ1) is 14.3. The smallest absolute Gasteiger partial charge is 0.165 e. The van der Waals surface area contributed by atoms with Gasteiger partial charge in [0.1, 0.15) is 5.75 Å². The van der Waals surface area contributed by atoms with E-state index in [1.165, 1.54) is 6.07 Å². The monoisotopic (exact) mass is 343 g/mol. The Morgan fingerprint density at radius 1 is 1.26 bits per heavy atom. The third-order valence-electron chi connectivity index (χ3n) is 2.58. The molecule has 0 saturated heterocycles. The van der Waals surface area contributed by atoms with E-state index in [1.807, 2.05) is 6.92 Å². The first-order valence-corrected chi connectivity index (χ1v) is 6.82. The van der Waals surface area contributed by atoms with Gasteiger partial charge in [0.15, 0.2) is 11.6 Å². The van der Waals surface area contributed by atoms with E-state index in [-0.39, 0.29) is 11.8 Å². The molecule has 0 fully saturated rings. The van der Waals surface area contributed by atoms with Crippen molar-refractivity contribution in [2.75, 3.05) is 0 Å². The Morgan fingerprint density at radius 3 is 2.63 bits per heavy atom. The lowest BCUT2D eigenvalue weighted by molar-refractivity contribution is 0.441. The van der Waals surface area contributed by atoms with E-state index < -0.39 is 5.82 Å². The first-order valence-electron chi connectivity index (χ1n) is 5.65. The summed E-state index contributed by atoms with van der Waals surface area (Å²) in [5, 5.41) is 0.503. The number of benzene rings is 2. The van der Waals surface area contributed by atoms with Crippen LogP contribution in [-0.4, -0.2) is 0 Å². The first-order chi connectivity index (χ1) is 8.97. The van der Waals surface area contributed by atoms with Crippen molar-refractivity contribution in [3.05, 3.63) is 57.3 Å². The zero-order chi connectivity index (χ0) is 14.0. The number of nitrogens with two attached hydrogens (primary N) is 1. The average Bonchev–Trinajstić information content (AvgIpc) is 2.33. The molecule has 0 bridgehead atoms. The maximum atomic E-state index is 13.6. The van der Waals surface area contributed by atoms with Crippen molar-refractivity contribution >= 4 is 27.5 Å². The zero-order valence-corrected chi connectivity index (χ0v) is 12.5. The molecule has 2 N–H and O–H groups in total. The molecule has 100 valence electrons. The van der Waals surface area contributed by atoms with Crippen molar-refractivity contribution in [3.63, 3.8) is 0 Å². The lowest BCUT2D eigenvalue weighted by Gasteiger charge is -2.11. The van der Waals surface area contributed by atoms with Gasteiger partial charge in [-0.1, -0.05) is 33.6 Å². The molecule has 0 aliphatic carbocycles. The van der Waals surface area contributed by atoms with E-state index in [0.29, 0.717) is 10.8 Å². The van der Waals surface area contributed by atoms with Gasteiger partial charge in [0.25, 0.3) is 0 Å². The quantitative estimate of drug-likeness (QED) is 0.845. The van der Waals surface area contributed by atoms with Crippen LogP contribution in [0.25, 0.3) is 0 Å². The second-order valence-electron chi connectivity index (χ2n) is 4.15. The zero-order valence-electron chi connectivity index (χ0n) is 10.2. The Labute approximate surface area is 124 Å². The molecular formula is C14H12BrClFNO. The van der Waals surface area contributed by atoms with Crippen LogP contribution in [0.2, 0.25) is 5.02 Å². The SMILES string of the molecule is CC(N)c1ccc(Oc2cc(Br)ccc2F)cc1Cl. The number of halogens is 3. The fourth-order valence-electron chi connectivity index (χ4n) is 1.62. The minimum Gasteiger partial charge on any atom is -0.454 e. The van der Waals surface area contributed by atoms with Gasteiger partial charge in [0, 0.05) is 15.5 Å². The van der Waals surface area contributed by atoms with Gasteiger partial charge in [0.2, 0.25) is 0 Å². The summed E-state index contributed by atoms with van der Waals surface area (Å²) < 4.78 is 19.8. The molecule has 0 aromatic heterocycles. The third kappa shape index (κ3) is 3.47. The van der Waals surface area contributed by atoms with Crippen molar-refractivity contribution in [3.8, 4) is 11.5 Å². The maximum Gasteiger partial charge on any atom is 0.165 e. The second kappa shape index (κ2) is 5.90. The van der Waals surface area contributed by atoms with Crippen molar-refractivity contribution in [1.82, 2.24) is 0 Å². The highest BCUT2D eigenvalue weighted by atomic mass is 79.9. The molecule has 0 heterocycles. The highest BCUT2D eigenvalue weighted by Gasteiger charge is 2.09. The Hall–Kier alpha value is -1.10. The van der Waals surface area contributed by atoms with Crippen LogP contribution in [0.4, 0.5) is 4.39 Å². The number of rotatable bonds is 3. The minimum absolute atomic E-state index is 0.138. The van der Waals surface area contributed by atoms with E-state index >= 15 is 0 Å². The van der Waals surface area contributed by atoms with Gasteiger partial charge in [-0.2, -0.15) is 0 Å². The standard InChI is InChI=1S/C14H12BrClFNO/c1-8(18)11-4-3-10(7-12(11)16)19-14-6-9(15)2-5-13(14)17/h2-8H,18H2,1H3. The summed E-state index contributed by atoms with van der Waals surface area (Å²) in [6.07, 6.45) is 0. The summed E-state index contributed by atoms with van der Waals surface area (Å²) in [5.41, 5.74) is 6.59. The summed E-state index contributed by atoms with van der Waals surface area (Å²) in [7, 11) is 0. The average molecular weight is 345 g/mol. The Morgan fingerprint density at radius 2 is 2.00 bits per heavy atom. The van der Waals surface area contributed by atoms with Crippen LogP contribution >= 0.6 is 27.5 Å². The Balaban J connectivity index is 2.29. The highest BCUT2D eigenvalue weighted by molar-refractivity contribution is 9.10. The molecule has 0 aliphatic heterocycles. The second-order valence-corrected chi connectivity index (χ2v) is 5.47. The van der Waals surface area contributed by atoms with Gasteiger partial charge >= 0.3 is 0 Å². The molecule has 2 aromatic rings. The minimum atomic E-state index is -0.435. The molecule has 2 nitrogen and oxygen atoms in total. The predicted molar refractivity (Wildman–Crippen MR) is 78.2 cm³/mol. The van der Waals surface area contributed by atoms with Crippen molar-refractivity contribution in [2.24, 2.45) is 5.73 Å². The molecule has 0 amide bonds. The van der Waals surface area contributed by atoms with E-state index in [1.54, 1.807) is 30.3 Å². The van der Waals surface area contributed by atoms with Crippen LogP contribution < -0.4 is 10.5 Å². The molecule has 2 aromatic carbocycles. The van der Waals surface area contributed by atoms with Crippen molar-refractivity contribution in [2.45, 2.75) is 13.0 Å². The molecule has 0 radical (unpaired) electrons. The van der Waals surface area contributed by atoms with Gasteiger partial charge < -0.3 is 10.5 Å². The van der Waals surface area contributed by atoms with E-state index in [9.17, 15) is 4.39 Å². The molecule has 1 atom stereocenters. The van der Waals surface area contributed by atoms with Crippen LogP contribution in [0.1, 0.15) is 18.5 Å². The van der Waals surface area contributed by atoms with E-state index in [4.69, 9.17) is 22.1 Å². The number of ether oxygens (including phenoxy) is 1. The predicted octanol–water partition coefficient (Wildman–Crippen LogP) is 5.05. The fourth-order valence-corrected chi connectivity index (χ4v) is 2.31. The van der Waals surface area contributed by atoms with Gasteiger partial charge in [-0.3, -0.25) is 0 Å². The van der Waals surface area contributed by atoms with Gasteiger partial charge in [-0.15, -0.1) is 0 Å². The summed E-state index contributed by atoms with van der Waals surface area (Å²) in [5.74, 6) is 0.168. The Kier molecular flexibility index (Phi) is 4.45. The fraction of sp³-hybridized carbons (Fsp3) is 0.143. The van der Waals surface area contributed by atoms with Crippen LogP contribution in [0.5, 0.6) is 11.5 Å². The third-order valence-corrected chi connectivity index (χ3v) is 3.40. The summed E-state index contributed by atoms with van der Waals surface area (Å²) >= 11 is 9.36. The van der Waals surface area contributed by atoms with Crippen LogP contribution in [0, 0.1) is 5.82 Å². The van der Waals surface area contributed by atoms with Crippen molar-refractivity contribution < 1.29 is 9.13 Å². The lowest BCUT2D eigenvalue weighted by Crippen LogP contribution is -2.05. The molecule has 19 heavy (non-hydrogen) atoms. The largest absolute Gasteiger partial charge is 0.454 e. The van der Waals surface area contributed by atoms with Crippen LogP contribution in [-0.2, 0) is 0 Å². The van der Waals surface area contributed by atoms with Gasteiger partial charge in [0.05, 0.1) is 0 Å². The van der Waals surface area contributed by atoms with Crippen LogP contribution in [0.15, 0.2) is 40.9 Å². The Bertz CT molecular complexity index is 604. The number of hydrogen-bond donors (Lipinski definition) is 1. The molecule has 1 unspecified atom stereocenters. The van der Waals surface area contributed by atoms with Crippen LogP contribution in [0.3, 0.4) is 0 Å².